The second kappa shape index (κ2) is 9.76. The van der Waals surface area contributed by atoms with Crippen molar-refractivity contribution in [2.75, 3.05) is 13.6 Å². The van der Waals surface area contributed by atoms with Gasteiger partial charge in [-0.3, -0.25) is 0 Å². The summed E-state index contributed by atoms with van der Waals surface area (Å²) < 4.78 is 10.3. The van der Waals surface area contributed by atoms with Gasteiger partial charge in [0.05, 0.1) is 17.0 Å². The molecule has 1 aromatic heterocycles. The summed E-state index contributed by atoms with van der Waals surface area (Å²) in [6.45, 7) is 4.85. The quantitative estimate of drug-likeness (QED) is 0.282. The van der Waals surface area contributed by atoms with E-state index < -0.39 is 0 Å². The molecule has 0 spiro atoms. The maximum Gasteiger partial charge on any atom is 0.298 e. The third-order valence-electron chi connectivity index (χ3n) is 4.15. The van der Waals surface area contributed by atoms with Gasteiger partial charge >= 0.3 is 0 Å². The summed E-state index contributed by atoms with van der Waals surface area (Å²) in [5.41, 5.74) is 2.49. The molecule has 0 aliphatic rings. The summed E-state index contributed by atoms with van der Waals surface area (Å²) in [6, 6.07) is 8.99. The van der Waals surface area contributed by atoms with Crippen LogP contribution < -0.4 is 4.74 Å². The number of nitrogens with zero attached hydrogens (tertiary/aromatic N) is 4. The lowest BCUT2D eigenvalue weighted by molar-refractivity contribution is 0.474. The second-order valence-corrected chi connectivity index (χ2v) is 8.34. The standard InChI is InChI=1S/C20H19Cl3N4OS/c1-4-27(3)11-24-17-7-12(2)18(10-16(17)23)28-20-25-19(26-29-20)8-13-5-6-14(21)9-15(13)22/h5-7,9-11H,4,8H2,1-3H3. The molecule has 0 atom stereocenters. The van der Waals surface area contributed by atoms with Crippen LogP contribution in [0.15, 0.2) is 35.3 Å². The van der Waals surface area contributed by atoms with Crippen LogP contribution in [0.1, 0.15) is 23.9 Å². The van der Waals surface area contributed by atoms with Crippen LogP contribution in [0, 0.1) is 6.92 Å². The number of aromatic nitrogens is 2. The van der Waals surface area contributed by atoms with E-state index in [1.165, 1.54) is 11.5 Å². The van der Waals surface area contributed by atoms with E-state index in [1.54, 1.807) is 24.5 Å². The molecule has 0 aliphatic heterocycles. The smallest absolute Gasteiger partial charge is 0.298 e. The highest BCUT2D eigenvalue weighted by molar-refractivity contribution is 7.07. The van der Waals surface area contributed by atoms with Crippen molar-refractivity contribution >= 4 is 58.4 Å². The first kappa shape index (κ1) is 21.8. The fraction of sp³-hybridized carbons (Fsp3) is 0.250. The molecule has 5 nitrogen and oxygen atoms in total. The molecule has 3 rings (SSSR count). The number of hydrogen-bond acceptors (Lipinski definition) is 5. The first-order valence-electron chi connectivity index (χ1n) is 8.84. The van der Waals surface area contributed by atoms with Gasteiger partial charge in [-0.25, -0.2) is 4.99 Å². The largest absolute Gasteiger partial charge is 0.430 e. The Morgan fingerprint density at radius 2 is 1.97 bits per heavy atom. The Morgan fingerprint density at radius 1 is 1.17 bits per heavy atom. The van der Waals surface area contributed by atoms with Gasteiger partial charge in [-0.15, -0.1) is 0 Å². The van der Waals surface area contributed by atoms with Crippen molar-refractivity contribution in [3.63, 3.8) is 0 Å². The van der Waals surface area contributed by atoms with Gasteiger partial charge in [0.2, 0.25) is 0 Å². The minimum Gasteiger partial charge on any atom is -0.430 e. The molecule has 0 saturated carbocycles. The van der Waals surface area contributed by atoms with E-state index >= 15 is 0 Å². The summed E-state index contributed by atoms with van der Waals surface area (Å²) in [5.74, 6) is 1.24. The van der Waals surface area contributed by atoms with E-state index in [-0.39, 0.29) is 0 Å². The van der Waals surface area contributed by atoms with Crippen LogP contribution in [0.2, 0.25) is 15.1 Å². The Kier molecular flexibility index (Phi) is 7.35. The Hall–Kier alpha value is -1.86. The van der Waals surface area contributed by atoms with Crippen molar-refractivity contribution in [2.45, 2.75) is 20.3 Å². The normalized spacial score (nSPS) is 11.2. The van der Waals surface area contributed by atoms with Crippen molar-refractivity contribution < 1.29 is 4.74 Å². The molecule has 0 bridgehead atoms. The number of hydrogen-bond donors (Lipinski definition) is 0. The average molecular weight is 470 g/mol. The third kappa shape index (κ3) is 5.82. The van der Waals surface area contributed by atoms with Crippen molar-refractivity contribution in [3.05, 3.63) is 62.4 Å². The summed E-state index contributed by atoms with van der Waals surface area (Å²) in [7, 11) is 1.95. The first-order valence-corrected chi connectivity index (χ1v) is 10.8. The lowest BCUT2D eigenvalue weighted by Gasteiger charge is -2.10. The van der Waals surface area contributed by atoms with Gasteiger partial charge in [-0.05, 0) is 43.2 Å². The van der Waals surface area contributed by atoms with Crippen LogP contribution in [0.3, 0.4) is 0 Å². The first-order chi connectivity index (χ1) is 13.9. The zero-order valence-corrected chi connectivity index (χ0v) is 19.2. The number of aryl methyl sites for hydroxylation is 1. The van der Waals surface area contributed by atoms with Gasteiger partial charge in [0, 0.05) is 47.7 Å². The van der Waals surface area contributed by atoms with E-state index in [1.807, 2.05) is 37.9 Å². The SMILES string of the molecule is CCN(C)C=Nc1cc(C)c(Oc2nc(Cc3ccc(Cl)cc3Cl)ns2)cc1Cl. The van der Waals surface area contributed by atoms with Crippen molar-refractivity contribution in [1.82, 2.24) is 14.3 Å². The van der Waals surface area contributed by atoms with Gasteiger partial charge in [0.15, 0.2) is 5.82 Å². The molecular weight excluding hydrogens is 451 g/mol. The van der Waals surface area contributed by atoms with Gasteiger partial charge in [-0.2, -0.15) is 9.36 Å². The average Bonchev–Trinajstić information content (AvgIpc) is 3.12. The summed E-state index contributed by atoms with van der Waals surface area (Å²) in [5, 5.41) is 2.12. The highest BCUT2D eigenvalue weighted by Gasteiger charge is 2.12. The van der Waals surface area contributed by atoms with Gasteiger partial charge in [-0.1, -0.05) is 40.9 Å². The molecule has 0 saturated heterocycles. The monoisotopic (exact) mass is 468 g/mol. The van der Waals surface area contributed by atoms with E-state index in [0.29, 0.717) is 43.9 Å². The van der Waals surface area contributed by atoms with Crippen LogP contribution >= 0.6 is 46.3 Å². The molecule has 29 heavy (non-hydrogen) atoms. The lowest BCUT2D eigenvalue weighted by Crippen LogP contribution is -2.14. The van der Waals surface area contributed by atoms with Crippen molar-refractivity contribution in [3.8, 4) is 10.9 Å². The number of benzene rings is 2. The predicted molar refractivity (Wildman–Crippen MR) is 122 cm³/mol. The van der Waals surface area contributed by atoms with Gasteiger partial charge in [0.25, 0.3) is 5.19 Å². The van der Waals surface area contributed by atoms with Gasteiger partial charge < -0.3 is 9.64 Å². The molecule has 0 aliphatic carbocycles. The Balaban J connectivity index is 1.74. The van der Waals surface area contributed by atoms with Crippen LogP contribution in [0.5, 0.6) is 10.9 Å². The maximum absolute atomic E-state index is 6.37. The topological polar surface area (TPSA) is 50.6 Å². The molecular formula is C20H19Cl3N4OS. The fourth-order valence-electron chi connectivity index (χ4n) is 2.38. The van der Waals surface area contributed by atoms with Crippen LogP contribution in [-0.2, 0) is 6.42 Å². The van der Waals surface area contributed by atoms with Crippen LogP contribution in [-0.4, -0.2) is 34.2 Å². The van der Waals surface area contributed by atoms with E-state index in [4.69, 9.17) is 39.5 Å². The fourth-order valence-corrected chi connectivity index (χ4v) is 3.62. The zero-order chi connectivity index (χ0) is 21.0. The molecule has 0 amide bonds. The molecule has 2 aromatic carbocycles. The number of ether oxygens (including phenoxy) is 1. The molecule has 0 N–H and O–H groups in total. The number of halogens is 3. The third-order valence-corrected chi connectivity index (χ3v) is 5.67. The minimum absolute atomic E-state index is 0.436. The summed E-state index contributed by atoms with van der Waals surface area (Å²) in [4.78, 5) is 10.8. The summed E-state index contributed by atoms with van der Waals surface area (Å²) in [6.07, 6.45) is 2.24. The van der Waals surface area contributed by atoms with Crippen LogP contribution in [0.25, 0.3) is 0 Å². The molecule has 3 aromatic rings. The van der Waals surface area contributed by atoms with E-state index in [9.17, 15) is 0 Å². The van der Waals surface area contributed by atoms with Crippen molar-refractivity contribution in [2.24, 2.45) is 4.99 Å². The summed E-state index contributed by atoms with van der Waals surface area (Å²) >= 11 is 19.7. The van der Waals surface area contributed by atoms with Gasteiger partial charge in [0.1, 0.15) is 5.75 Å². The zero-order valence-electron chi connectivity index (χ0n) is 16.1. The Labute approximate surface area is 189 Å². The molecule has 1 heterocycles. The number of aliphatic imine (C=N–C) groups is 1. The highest BCUT2D eigenvalue weighted by atomic mass is 35.5. The highest BCUT2D eigenvalue weighted by Crippen LogP contribution is 2.35. The molecule has 0 fully saturated rings. The molecule has 152 valence electrons. The van der Waals surface area contributed by atoms with Crippen molar-refractivity contribution in [1.29, 1.82) is 0 Å². The van der Waals surface area contributed by atoms with E-state index in [0.717, 1.165) is 17.7 Å². The van der Waals surface area contributed by atoms with Crippen LogP contribution in [0.4, 0.5) is 5.69 Å². The predicted octanol–water partition coefficient (Wildman–Crippen LogP) is 6.80. The molecule has 0 radical (unpaired) electrons. The second-order valence-electron chi connectivity index (χ2n) is 6.38. The molecule has 0 unspecified atom stereocenters. The van der Waals surface area contributed by atoms with E-state index in [2.05, 4.69) is 14.3 Å². The number of rotatable bonds is 7. The maximum atomic E-state index is 6.37. The molecule has 9 heteroatoms. The Bertz CT molecular complexity index is 1040. The minimum atomic E-state index is 0.436. The lowest BCUT2D eigenvalue weighted by atomic mass is 10.1. The Morgan fingerprint density at radius 3 is 2.69 bits per heavy atom.